The van der Waals surface area contributed by atoms with Crippen LogP contribution in [0.15, 0.2) is 70.9 Å². The summed E-state index contributed by atoms with van der Waals surface area (Å²) in [5.74, 6) is 1.42. The smallest absolute Gasteiger partial charge is 0.277 e. The SMILES string of the molecule is COc1ccc(/C=N/NC(=O)COc2ccc(Cl)cc2Cl)cc1CSc1ccccn1. The first-order chi connectivity index (χ1) is 15.0. The molecule has 31 heavy (non-hydrogen) atoms. The predicted molar refractivity (Wildman–Crippen MR) is 124 cm³/mol. The number of pyridine rings is 1. The molecule has 0 aliphatic heterocycles. The molecule has 1 aromatic heterocycles. The summed E-state index contributed by atoms with van der Waals surface area (Å²) in [7, 11) is 1.63. The highest BCUT2D eigenvalue weighted by Crippen LogP contribution is 2.28. The third-order valence-electron chi connectivity index (χ3n) is 3.97. The minimum absolute atomic E-state index is 0.229. The maximum atomic E-state index is 12.0. The van der Waals surface area contributed by atoms with Gasteiger partial charge in [0.15, 0.2) is 6.61 Å². The van der Waals surface area contributed by atoms with Crippen LogP contribution in [0, 0.1) is 0 Å². The summed E-state index contributed by atoms with van der Waals surface area (Å²) < 4.78 is 10.8. The molecular weight excluding hydrogens is 457 g/mol. The molecule has 0 aliphatic rings. The fraction of sp³-hybridized carbons (Fsp3) is 0.136. The number of ether oxygens (including phenoxy) is 2. The number of carbonyl (C=O) groups excluding carboxylic acids is 1. The molecule has 1 heterocycles. The van der Waals surface area contributed by atoms with E-state index in [1.807, 2.05) is 36.4 Å². The van der Waals surface area contributed by atoms with Crippen LogP contribution in [0.4, 0.5) is 0 Å². The number of rotatable bonds is 9. The number of benzene rings is 2. The molecule has 160 valence electrons. The molecule has 0 fully saturated rings. The van der Waals surface area contributed by atoms with Crippen molar-refractivity contribution in [3.8, 4) is 11.5 Å². The number of hydrazone groups is 1. The van der Waals surface area contributed by atoms with E-state index in [0.29, 0.717) is 21.5 Å². The number of nitrogens with one attached hydrogen (secondary N) is 1. The lowest BCUT2D eigenvalue weighted by Crippen LogP contribution is -2.24. The van der Waals surface area contributed by atoms with Gasteiger partial charge < -0.3 is 9.47 Å². The van der Waals surface area contributed by atoms with Crippen molar-refractivity contribution in [2.24, 2.45) is 5.10 Å². The number of amides is 1. The maximum Gasteiger partial charge on any atom is 0.277 e. The maximum absolute atomic E-state index is 12.0. The Morgan fingerprint density at radius 2 is 2.00 bits per heavy atom. The lowest BCUT2D eigenvalue weighted by Gasteiger charge is -2.09. The van der Waals surface area contributed by atoms with Crippen molar-refractivity contribution in [2.75, 3.05) is 13.7 Å². The first kappa shape index (κ1) is 22.9. The molecule has 0 radical (unpaired) electrons. The summed E-state index contributed by atoms with van der Waals surface area (Å²) in [6.07, 6.45) is 3.32. The molecule has 0 saturated carbocycles. The number of nitrogens with zero attached hydrogens (tertiary/aromatic N) is 2. The fourth-order valence-electron chi connectivity index (χ4n) is 2.52. The molecule has 1 amide bonds. The second-order valence-corrected chi connectivity index (χ2v) is 8.02. The molecule has 3 rings (SSSR count). The Morgan fingerprint density at radius 1 is 1.16 bits per heavy atom. The van der Waals surface area contributed by atoms with Gasteiger partial charge in [-0.3, -0.25) is 4.79 Å². The van der Waals surface area contributed by atoms with Gasteiger partial charge in [0.2, 0.25) is 0 Å². The molecule has 0 spiro atoms. The highest BCUT2D eigenvalue weighted by molar-refractivity contribution is 7.98. The first-order valence-electron chi connectivity index (χ1n) is 9.15. The minimum Gasteiger partial charge on any atom is -0.496 e. The number of thioether (sulfide) groups is 1. The summed E-state index contributed by atoms with van der Waals surface area (Å²) in [6.45, 7) is -0.229. The minimum atomic E-state index is -0.415. The largest absolute Gasteiger partial charge is 0.496 e. The number of halogens is 2. The Morgan fingerprint density at radius 3 is 2.74 bits per heavy atom. The van der Waals surface area contributed by atoms with Crippen molar-refractivity contribution in [3.63, 3.8) is 0 Å². The van der Waals surface area contributed by atoms with Crippen LogP contribution in [-0.4, -0.2) is 30.8 Å². The molecule has 0 bridgehead atoms. The van der Waals surface area contributed by atoms with E-state index in [4.69, 9.17) is 32.7 Å². The summed E-state index contributed by atoms with van der Waals surface area (Å²) in [6, 6.07) is 16.2. The van der Waals surface area contributed by atoms with E-state index >= 15 is 0 Å². The van der Waals surface area contributed by atoms with Gasteiger partial charge >= 0.3 is 0 Å². The summed E-state index contributed by atoms with van der Waals surface area (Å²) in [5, 5.41) is 5.74. The Labute approximate surface area is 194 Å². The van der Waals surface area contributed by atoms with Gasteiger partial charge in [-0.1, -0.05) is 29.3 Å². The molecule has 0 unspecified atom stereocenters. The Bertz CT molecular complexity index is 1070. The molecular formula is C22H19Cl2N3O3S. The van der Waals surface area contributed by atoms with Gasteiger partial charge in [0.05, 0.1) is 23.4 Å². The lowest BCUT2D eigenvalue weighted by molar-refractivity contribution is -0.123. The van der Waals surface area contributed by atoms with Crippen molar-refractivity contribution >= 4 is 47.1 Å². The van der Waals surface area contributed by atoms with Crippen molar-refractivity contribution in [1.29, 1.82) is 0 Å². The van der Waals surface area contributed by atoms with Crippen LogP contribution in [0.5, 0.6) is 11.5 Å². The van der Waals surface area contributed by atoms with E-state index in [-0.39, 0.29) is 6.61 Å². The predicted octanol–water partition coefficient (Wildman–Crippen LogP) is 5.22. The highest BCUT2D eigenvalue weighted by Gasteiger charge is 2.07. The monoisotopic (exact) mass is 475 g/mol. The van der Waals surface area contributed by atoms with Gasteiger partial charge in [0.25, 0.3) is 5.91 Å². The molecule has 2 aromatic carbocycles. The lowest BCUT2D eigenvalue weighted by atomic mass is 10.1. The quantitative estimate of drug-likeness (QED) is 0.261. The molecule has 0 saturated heterocycles. The fourth-order valence-corrected chi connectivity index (χ4v) is 3.82. The third-order valence-corrected chi connectivity index (χ3v) is 5.50. The van der Waals surface area contributed by atoms with E-state index in [2.05, 4.69) is 15.5 Å². The van der Waals surface area contributed by atoms with Crippen molar-refractivity contribution in [3.05, 3.63) is 82.0 Å². The van der Waals surface area contributed by atoms with Gasteiger partial charge in [-0.2, -0.15) is 5.10 Å². The van der Waals surface area contributed by atoms with Crippen molar-refractivity contribution in [2.45, 2.75) is 10.8 Å². The molecule has 0 atom stereocenters. The average Bonchev–Trinajstić information content (AvgIpc) is 2.78. The van der Waals surface area contributed by atoms with Crippen molar-refractivity contribution in [1.82, 2.24) is 10.4 Å². The standard InChI is InChI=1S/C22H19Cl2N3O3S/c1-29-19-7-5-15(10-16(19)14-31-22-4-2-3-9-25-22)12-26-27-21(28)13-30-20-8-6-17(23)11-18(20)24/h2-12H,13-14H2,1H3,(H,27,28)/b26-12+. The van der Waals surface area contributed by atoms with Gasteiger partial charge in [-0.25, -0.2) is 10.4 Å². The zero-order valence-electron chi connectivity index (χ0n) is 16.5. The van der Waals surface area contributed by atoms with Gasteiger partial charge in [0.1, 0.15) is 11.5 Å². The topological polar surface area (TPSA) is 72.8 Å². The van der Waals surface area contributed by atoms with E-state index in [1.165, 1.54) is 0 Å². The van der Waals surface area contributed by atoms with Crippen LogP contribution < -0.4 is 14.9 Å². The van der Waals surface area contributed by atoms with Gasteiger partial charge in [-0.15, -0.1) is 11.8 Å². The highest BCUT2D eigenvalue weighted by atomic mass is 35.5. The Hall–Kier alpha value is -2.74. The second-order valence-electron chi connectivity index (χ2n) is 6.18. The van der Waals surface area contributed by atoms with E-state index in [0.717, 1.165) is 21.9 Å². The van der Waals surface area contributed by atoms with E-state index in [9.17, 15) is 4.79 Å². The molecule has 6 nitrogen and oxygen atoms in total. The normalized spacial score (nSPS) is 10.8. The van der Waals surface area contributed by atoms with Gasteiger partial charge in [-0.05, 0) is 54.1 Å². The van der Waals surface area contributed by atoms with Crippen LogP contribution in [0.2, 0.25) is 10.0 Å². The summed E-state index contributed by atoms with van der Waals surface area (Å²) >= 11 is 13.5. The molecule has 1 N–H and O–H groups in total. The Balaban J connectivity index is 1.55. The number of aromatic nitrogens is 1. The number of hydrogen-bond acceptors (Lipinski definition) is 6. The number of hydrogen-bond donors (Lipinski definition) is 1. The second kappa shape index (κ2) is 11.6. The third kappa shape index (κ3) is 7.17. The van der Waals surface area contributed by atoms with Gasteiger partial charge in [0, 0.05) is 22.5 Å². The van der Waals surface area contributed by atoms with Crippen LogP contribution in [0.3, 0.4) is 0 Å². The van der Waals surface area contributed by atoms with Crippen LogP contribution in [0.25, 0.3) is 0 Å². The molecule has 9 heteroatoms. The molecule has 3 aromatic rings. The van der Waals surface area contributed by atoms with Crippen LogP contribution in [0.1, 0.15) is 11.1 Å². The Kier molecular flexibility index (Phi) is 8.58. The number of carbonyl (C=O) groups is 1. The molecule has 0 aliphatic carbocycles. The summed E-state index contributed by atoms with van der Waals surface area (Å²) in [4.78, 5) is 16.3. The van der Waals surface area contributed by atoms with Crippen LogP contribution in [-0.2, 0) is 10.5 Å². The zero-order valence-corrected chi connectivity index (χ0v) is 18.9. The van der Waals surface area contributed by atoms with Crippen LogP contribution >= 0.6 is 35.0 Å². The first-order valence-corrected chi connectivity index (χ1v) is 10.9. The summed E-state index contributed by atoms with van der Waals surface area (Å²) in [5.41, 5.74) is 4.24. The number of methoxy groups -OCH3 is 1. The van der Waals surface area contributed by atoms with E-state index < -0.39 is 5.91 Å². The average molecular weight is 476 g/mol. The zero-order chi connectivity index (χ0) is 22.1. The van der Waals surface area contributed by atoms with Crippen molar-refractivity contribution < 1.29 is 14.3 Å². The van der Waals surface area contributed by atoms with E-state index in [1.54, 1.807) is 49.5 Å².